The van der Waals surface area contributed by atoms with Crippen molar-refractivity contribution in [3.63, 3.8) is 0 Å². The molecule has 0 radical (unpaired) electrons. The summed E-state index contributed by atoms with van der Waals surface area (Å²) in [6.45, 7) is 0. The van der Waals surface area contributed by atoms with Gasteiger partial charge in [-0.2, -0.15) is 0 Å². The van der Waals surface area contributed by atoms with Gasteiger partial charge in [-0.3, -0.25) is 0 Å². The van der Waals surface area contributed by atoms with E-state index in [1.54, 1.807) is 0 Å². The van der Waals surface area contributed by atoms with Gasteiger partial charge < -0.3 is 9.32 Å². The molecule has 10 rings (SSSR count). The van der Waals surface area contributed by atoms with Gasteiger partial charge in [-0.05, 0) is 87.3 Å². The largest absolute Gasteiger partial charge is 0.456 e. The normalized spacial score (nSPS) is 11.8. The smallest absolute Gasteiger partial charge is 0.137 e. The number of benzene rings is 8. The molecule has 47 heavy (non-hydrogen) atoms. The second kappa shape index (κ2) is 10.3. The van der Waals surface area contributed by atoms with Crippen LogP contribution in [0.4, 0.5) is 17.1 Å². The fraction of sp³-hybridized carbons (Fsp3) is 0. The van der Waals surface area contributed by atoms with Gasteiger partial charge in [0.15, 0.2) is 0 Å². The summed E-state index contributed by atoms with van der Waals surface area (Å²) < 4.78 is 9.00. The molecule has 2 heterocycles. The van der Waals surface area contributed by atoms with E-state index in [0.29, 0.717) is 0 Å². The second-order valence-corrected chi connectivity index (χ2v) is 13.2. The Hall–Kier alpha value is -5.90. The minimum absolute atomic E-state index is 0.882. The maximum atomic E-state index is 6.37. The molecule has 2 nitrogen and oxygen atoms in total. The third-order valence-electron chi connectivity index (χ3n) is 9.45. The molecule has 220 valence electrons. The van der Waals surface area contributed by atoms with Crippen molar-refractivity contribution >= 4 is 92.1 Å². The number of rotatable bonds is 4. The van der Waals surface area contributed by atoms with Gasteiger partial charge in [0, 0.05) is 36.9 Å². The molecule has 0 saturated heterocycles. The highest BCUT2D eigenvalue weighted by Crippen LogP contribution is 2.45. The van der Waals surface area contributed by atoms with Crippen LogP contribution in [0.25, 0.3) is 74.8 Å². The Morgan fingerprint density at radius 2 is 1.11 bits per heavy atom. The zero-order chi connectivity index (χ0) is 30.9. The Labute approximate surface area is 275 Å². The topological polar surface area (TPSA) is 16.4 Å². The van der Waals surface area contributed by atoms with E-state index in [4.69, 9.17) is 4.42 Å². The minimum atomic E-state index is 0.882. The van der Waals surface area contributed by atoms with Gasteiger partial charge in [0.25, 0.3) is 0 Å². The van der Waals surface area contributed by atoms with E-state index >= 15 is 0 Å². The molecule has 3 heteroatoms. The molecule has 2 aromatic heterocycles. The van der Waals surface area contributed by atoms with E-state index in [0.717, 1.165) is 39.0 Å². The highest BCUT2D eigenvalue weighted by Gasteiger charge is 2.20. The van der Waals surface area contributed by atoms with Crippen LogP contribution in [0.3, 0.4) is 0 Å². The van der Waals surface area contributed by atoms with Gasteiger partial charge in [-0.1, -0.05) is 109 Å². The van der Waals surface area contributed by atoms with Crippen LogP contribution in [-0.2, 0) is 0 Å². The van der Waals surface area contributed by atoms with Crippen LogP contribution in [0.2, 0.25) is 0 Å². The molecule has 0 saturated carbocycles. The molecule has 0 spiro atoms. The number of anilines is 3. The quantitative estimate of drug-likeness (QED) is 0.195. The molecule has 10 aromatic rings. The molecule has 8 aromatic carbocycles. The van der Waals surface area contributed by atoms with Crippen molar-refractivity contribution in [1.82, 2.24) is 0 Å². The number of nitrogens with zero attached hydrogens (tertiary/aromatic N) is 1. The van der Waals surface area contributed by atoms with E-state index in [2.05, 4.69) is 163 Å². The van der Waals surface area contributed by atoms with Gasteiger partial charge in [-0.25, -0.2) is 0 Å². The van der Waals surface area contributed by atoms with E-state index in [9.17, 15) is 0 Å². The summed E-state index contributed by atoms with van der Waals surface area (Å²) in [5, 5.41) is 9.87. The van der Waals surface area contributed by atoms with Gasteiger partial charge in [0.1, 0.15) is 11.2 Å². The summed E-state index contributed by atoms with van der Waals surface area (Å²) in [5.74, 6) is 0. The van der Waals surface area contributed by atoms with Crippen LogP contribution in [0, 0.1) is 0 Å². The first-order valence-electron chi connectivity index (χ1n) is 15.9. The summed E-state index contributed by atoms with van der Waals surface area (Å²) in [6, 6.07) is 59.0. The Morgan fingerprint density at radius 1 is 0.426 bits per heavy atom. The Balaban J connectivity index is 1.23. The predicted molar refractivity (Wildman–Crippen MR) is 202 cm³/mol. The zero-order valence-electron chi connectivity index (χ0n) is 25.4. The third-order valence-corrected chi connectivity index (χ3v) is 10.6. The first kappa shape index (κ1) is 26.3. The molecular formula is C44H27NOS. The summed E-state index contributed by atoms with van der Waals surface area (Å²) in [7, 11) is 0. The highest BCUT2D eigenvalue weighted by atomic mass is 32.1. The zero-order valence-corrected chi connectivity index (χ0v) is 26.2. The van der Waals surface area contributed by atoms with Crippen LogP contribution in [0.1, 0.15) is 0 Å². The van der Waals surface area contributed by atoms with E-state index in [-0.39, 0.29) is 0 Å². The van der Waals surface area contributed by atoms with Crippen LogP contribution >= 0.6 is 11.3 Å². The Bertz CT molecular complexity index is 2800. The molecule has 0 N–H and O–H groups in total. The number of fused-ring (bicyclic) bond motifs is 9. The fourth-order valence-corrected chi connectivity index (χ4v) is 8.43. The number of thiophene rings is 1. The summed E-state index contributed by atoms with van der Waals surface area (Å²) >= 11 is 1.86. The molecule has 0 aliphatic carbocycles. The molecule has 0 bridgehead atoms. The molecule has 0 amide bonds. The standard InChI is InChI=1S/C44H27NOS/c1-2-11-33-28(9-1)10-7-14-34(33)29-19-23-31(24-20-29)45(38-15-8-17-40-44(38)35-12-3-5-16-39(35)46-40)32-25-21-30-22-26-42-43(37(30)27-32)36-13-4-6-18-41(36)47-42/h1-27H. The summed E-state index contributed by atoms with van der Waals surface area (Å²) in [5.41, 5.74) is 7.50. The van der Waals surface area contributed by atoms with Crippen molar-refractivity contribution in [3.8, 4) is 11.1 Å². The Morgan fingerprint density at radius 3 is 2.02 bits per heavy atom. The molecule has 0 atom stereocenters. The van der Waals surface area contributed by atoms with Crippen molar-refractivity contribution in [1.29, 1.82) is 0 Å². The number of hydrogen-bond donors (Lipinski definition) is 0. The first-order valence-corrected chi connectivity index (χ1v) is 16.7. The third kappa shape index (κ3) is 4.10. The molecule has 0 aliphatic heterocycles. The lowest BCUT2D eigenvalue weighted by atomic mass is 9.98. The maximum absolute atomic E-state index is 6.37. The number of furan rings is 1. The highest BCUT2D eigenvalue weighted by molar-refractivity contribution is 7.26. The average molecular weight is 618 g/mol. The van der Waals surface area contributed by atoms with E-state index in [1.165, 1.54) is 52.8 Å². The van der Waals surface area contributed by atoms with Gasteiger partial charge >= 0.3 is 0 Å². The summed E-state index contributed by atoms with van der Waals surface area (Å²) in [4.78, 5) is 2.39. The van der Waals surface area contributed by atoms with E-state index < -0.39 is 0 Å². The van der Waals surface area contributed by atoms with Crippen molar-refractivity contribution < 1.29 is 4.42 Å². The summed E-state index contributed by atoms with van der Waals surface area (Å²) in [6.07, 6.45) is 0. The lowest BCUT2D eigenvalue weighted by molar-refractivity contribution is 0.669. The lowest BCUT2D eigenvalue weighted by Gasteiger charge is -2.27. The van der Waals surface area contributed by atoms with Crippen molar-refractivity contribution in [2.75, 3.05) is 4.90 Å². The number of hydrogen-bond acceptors (Lipinski definition) is 3. The minimum Gasteiger partial charge on any atom is -0.456 e. The average Bonchev–Trinajstić information content (AvgIpc) is 3.71. The Kier molecular flexibility index (Phi) is 5.78. The second-order valence-electron chi connectivity index (χ2n) is 12.1. The lowest BCUT2D eigenvalue weighted by Crippen LogP contribution is -2.10. The van der Waals surface area contributed by atoms with Gasteiger partial charge in [0.2, 0.25) is 0 Å². The molecular weight excluding hydrogens is 591 g/mol. The van der Waals surface area contributed by atoms with Crippen molar-refractivity contribution in [2.24, 2.45) is 0 Å². The van der Waals surface area contributed by atoms with Crippen LogP contribution in [-0.4, -0.2) is 0 Å². The van der Waals surface area contributed by atoms with Gasteiger partial charge in [0.05, 0.1) is 11.1 Å². The molecule has 0 aliphatic rings. The predicted octanol–water partition coefficient (Wildman–Crippen LogP) is 13.4. The maximum Gasteiger partial charge on any atom is 0.137 e. The van der Waals surface area contributed by atoms with Crippen molar-refractivity contribution in [3.05, 3.63) is 164 Å². The first-order chi connectivity index (χ1) is 23.3. The fourth-order valence-electron chi connectivity index (χ4n) is 7.31. The van der Waals surface area contributed by atoms with Gasteiger partial charge in [-0.15, -0.1) is 11.3 Å². The van der Waals surface area contributed by atoms with E-state index in [1.807, 2.05) is 17.4 Å². The van der Waals surface area contributed by atoms with Crippen LogP contribution in [0.15, 0.2) is 168 Å². The van der Waals surface area contributed by atoms with Crippen LogP contribution in [0.5, 0.6) is 0 Å². The molecule has 0 fully saturated rings. The SMILES string of the molecule is c1ccc2c(-c3ccc(N(c4ccc5ccc6sc7ccccc7c6c5c4)c4cccc5oc6ccccc6c45)cc3)cccc2c1. The number of para-hydroxylation sites is 1. The van der Waals surface area contributed by atoms with Crippen LogP contribution < -0.4 is 4.90 Å². The molecule has 0 unspecified atom stereocenters. The monoisotopic (exact) mass is 617 g/mol. The van der Waals surface area contributed by atoms with Crippen molar-refractivity contribution in [2.45, 2.75) is 0 Å².